The molecule has 9 heteroatoms. The average molecular weight is 353 g/mol. The van der Waals surface area contributed by atoms with Gasteiger partial charge in [0.15, 0.2) is 0 Å². The molecule has 25 heavy (non-hydrogen) atoms. The van der Waals surface area contributed by atoms with E-state index in [1.165, 1.54) is 26.2 Å². The van der Waals surface area contributed by atoms with Crippen LogP contribution in [0.2, 0.25) is 0 Å². The third kappa shape index (κ3) is 2.75. The van der Waals surface area contributed by atoms with Crippen LogP contribution >= 0.6 is 0 Å². The molecule has 0 saturated heterocycles. The monoisotopic (exact) mass is 353 g/mol. The van der Waals surface area contributed by atoms with Gasteiger partial charge in [0.1, 0.15) is 5.82 Å². The van der Waals surface area contributed by atoms with E-state index in [0.29, 0.717) is 0 Å². The predicted molar refractivity (Wildman–Crippen MR) is 83.5 cm³/mol. The quantitative estimate of drug-likeness (QED) is 0.846. The van der Waals surface area contributed by atoms with Gasteiger partial charge in [-0.05, 0) is 11.6 Å². The van der Waals surface area contributed by atoms with Gasteiger partial charge in [-0.3, -0.25) is 18.7 Å². The third-order valence-electron chi connectivity index (χ3n) is 4.31. The number of rotatable bonds is 1. The van der Waals surface area contributed by atoms with E-state index in [1.807, 2.05) is 0 Å². The van der Waals surface area contributed by atoms with Crippen LogP contribution in [0.25, 0.3) is 0 Å². The molecule has 2 aromatic rings. The Kier molecular flexibility index (Phi) is 3.81. The maximum absolute atomic E-state index is 13.0. The molecule has 2 heterocycles. The van der Waals surface area contributed by atoms with Crippen molar-refractivity contribution in [3.63, 3.8) is 0 Å². The highest BCUT2D eigenvalue weighted by atomic mass is 19.4. The molecule has 1 aliphatic heterocycles. The number of amides is 1. The number of fused-ring (bicyclic) bond motifs is 1. The van der Waals surface area contributed by atoms with Crippen LogP contribution in [0.3, 0.4) is 0 Å². The molecule has 0 spiro atoms. The lowest BCUT2D eigenvalue weighted by molar-refractivity contribution is -0.137. The van der Waals surface area contributed by atoms with Crippen molar-refractivity contribution < 1.29 is 18.0 Å². The van der Waals surface area contributed by atoms with Gasteiger partial charge in [-0.2, -0.15) is 13.2 Å². The summed E-state index contributed by atoms with van der Waals surface area (Å²) < 4.78 is 40.9. The first-order chi connectivity index (χ1) is 11.6. The smallest absolute Gasteiger partial charge is 0.312 e. The van der Waals surface area contributed by atoms with Crippen LogP contribution in [0.5, 0.6) is 0 Å². The molecule has 0 bridgehead atoms. The average Bonchev–Trinajstić information content (AvgIpc) is 2.56. The van der Waals surface area contributed by atoms with Crippen LogP contribution < -0.4 is 16.6 Å². The number of carbonyl (C=O) groups is 1. The van der Waals surface area contributed by atoms with Crippen LogP contribution in [0.15, 0.2) is 33.9 Å². The number of halogens is 3. The van der Waals surface area contributed by atoms with Crippen molar-refractivity contribution >= 4 is 11.7 Å². The van der Waals surface area contributed by atoms with Crippen molar-refractivity contribution in [2.75, 3.05) is 5.32 Å². The van der Waals surface area contributed by atoms with Crippen LogP contribution in [0.1, 0.15) is 29.0 Å². The fraction of sp³-hybridized carbons (Fsp3) is 0.312. The molecule has 0 saturated carbocycles. The SMILES string of the molecule is Cn1c2c(c(=O)n(C)c1=O)[C@H](c1cccc(C(F)(F)F)c1)CC(=O)N2. The van der Waals surface area contributed by atoms with E-state index in [0.717, 1.165) is 21.3 Å². The zero-order valence-electron chi connectivity index (χ0n) is 13.3. The molecule has 0 radical (unpaired) electrons. The molecular weight excluding hydrogens is 339 g/mol. The molecule has 3 rings (SSSR count). The Morgan fingerprint density at radius 3 is 2.44 bits per heavy atom. The molecule has 1 amide bonds. The summed E-state index contributed by atoms with van der Waals surface area (Å²) in [6, 6.07) is 4.52. The topological polar surface area (TPSA) is 73.1 Å². The highest BCUT2D eigenvalue weighted by molar-refractivity contribution is 5.94. The minimum absolute atomic E-state index is 0.0201. The maximum Gasteiger partial charge on any atom is 0.416 e. The Labute approximate surface area is 139 Å². The van der Waals surface area contributed by atoms with Crippen LogP contribution in [0, 0.1) is 0 Å². The lowest BCUT2D eigenvalue weighted by Gasteiger charge is -2.27. The number of benzene rings is 1. The lowest BCUT2D eigenvalue weighted by atomic mass is 9.86. The Bertz CT molecular complexity index is 989. The zero-order valence-corrected chi connectivity index (χ0v) is 13.3. The summed E-state index contributed by atoms with van der Waals surface area (Å²) in [6.45, 7) is 0. The first kappa shape index (κ1) is 17.0. The van der Waals surface area contributed by atoms with E-state index in [9.17, 15) is 27.6 Å². The molecule has 1 aromatic carbocycles. The van der Waals surface area contributed by atoms with E-state index in [-0.39, 0.29) is 23.4 Å². The maximum atomic E-state index is 13.0. The molecule has 1 N–H and O–H groups in total. The molecule has 1 aromatic heterocycles. The summed E-state index contributed by atoms with van der Waals surface area (Å²) in [5, 5.41) is 2.47. The molecule has 132 valence electrons. The van der Waals surface area contributed by atoms with Gasteiger partial charge < -0.3 is 5.32 Å². The van der Waals surface area contributed by atoms with Crippen molar-refractivity contribution in [1.29, 1.82) is 0 Å². The summed E-state index contributed by atoms with van der Waals surface area (Å²) in [7, 11) is 2.67. The molecule has 0 unspecified atom stereocenters. The summed E-state index contributed by atoms with van der Waals surface area (Å²) in [4.78, 5) is 36.6. The van der Waals surface area contributed by atoms with Crippen molar-refractivity contribution in [3.8, 4) is 0 Å². The van der Waals surface area contributed by atoms with Crippen molar-refractivity contribution in [2.45, 2.75) is 18.5 Å². The second-order valence-corrected chi connectivity index (χ2v) is 5.90. The first-order valence-corrected chi connectivity index (χ1v) is 7.38. The highest BCUT2D eigenvalue weighted by Gasteiger charge is 2.35. The van der Waals surface area contributed by atoms with E-state index in [2.05, 4.69) is 5.32 Å². The van der Waals surface area contributed by atoms with E-state index in [1.54, 1.807) is 0 Å². The van der Waals surface area contributed by atoms with Crippen LogP contribution in [0.4, 0.5) is 19.0 Å². The number of alkyl halides is 3. The van der Waals surface area contributed by atoms with E-state index >= 15 is 0 Å². The van der Waals surface area contributed by atoms with Gasteiger partial charge in [-0.25, -0.2) is 4.79 Å². The number of hydrogen-bond donors (Lipinski definition) is 1. The molecule has 0 fully saturated rings. The normalized spacial score (nSPS) is 17.2. The van der Waals surface area contributed by atoms with E-state index < -0.39 is 34.8 Å². The van der Waals surface area contributed by atoms with Crippen molar-refractivity contribution in [1.82, 2.24) is 9.13 Å². The number of nitrogens with one attached hydrogen (secondary N) is 1. The van der Waals surface area contributed by atoms with Gasteiger partial charge >= 0.3 is 11.9 Å². The summed E-state index contributed by atoms with van der Waals surface area (Å²) >= 11 is 0. The number of anilines is 1. The molecule has 1 aliphatic rings. The lowest BCUT2D eigenvalue weighted by Crippen LogP contribution is -2.44. The molecular formula is C16H14F3N3O3. The van der Waals surface area contributed by atoms with E-state index in [4.69, 9.17) is 0 Å². The second kappa shape index (κ2) is 5.61. The zero-order chi connectivity index (χ0) is 18.5. The number of aromatic nitrogens is 2. The standard InChI is InChI=1S/C16H14F3N3O3/c1-21-13-12(14(24)22(2)15(21)25)10(7-11(23)20-13)8-4-3-5-9(6-8)16(17,18)19/h3-6,10H,7H2,1-2H3,(H,20,23)/t10-/m0/s1. The number of hydrogen-bond acceptors (Lipinski definition) is 3. The number of carbonyl (C=O) groups excluding carboxylic acids is 1. The molecule has 0 aliphatic carbocycles. The number of nitrogens with zero attached hydrogens (tertiary/aromatic N) is 2. The Morgan fingerprint density at radius 1 is 1.12 bits per heavy atom. The third-order valence-corrected chi connectivity index (χ3v) is 4.31. The Hall–Kier alpha value is -2.84. The largest absolute Gasteiger partial charge is 0.416 e. The predicted octanol–water partition coefficient (Wildman–Crippen LogP) is 1.58. The van der Waals surface area contributed by atoms with Crippen LogP contribution in [-0.2, 0) is 25.1 Å². The Balaban J connectivity index is 2.27. The highest BCUT2D eigenvalue weighted by Crippen LogP contribution is 2.37. The fourth-order valence-electron chi connectivity index (χ4n) is 3.02. The first-order valence-electron chi connectivity index (χ1n) is 7.38. The van der Waals surface area contributed by atoms with Gasteiger partial charge in [-0.1, -0.05) is 18.2 Å². The van der Waals surface area contributed by atoms with Crippen molar-refractivity contribution in [2.24, 2.45) is 14.1 Å². The van der Waals surface area contributed by atoms with Gasteiger partial charge in [0.05, 0.1) is 11.1 Å². The van der Waals surface area contributed by atoms with Gasteiger partial charge in [0, 0.05) is 26.4 Å². The van der Waals surface area contributed by atoms with Crippen molar-refractivity contribution in [3.05, 3.63) is 61.8 Å². The molecule has 6 nitrogen and oxygen atoms in total. The summed E-state index contributed by atoms with van der Waals surface area (Å²) in [6.07, 6.45) is -4.72. The minimum Gasteiger partial charge on any atom is -0.312 e. The Morgan fingerprint density at radius 2 is 1.80 bits per heavy atom. The minimum atomic E-state index is -4.54. The fourth-order valence-corrected chi connectivity index (χ4v) is 3.02. The van der Waals surface area contributed by atoms with Gasteiger partial charge in [0.25, 0.3) is 5.56 Å². The van der Waals surface area contributed by atoms with Gasteiger partial charge in [0.2, 0.25) is 5.91 Å². The molecule has 1 atom stereocenters. The second-order valence-electron chi connectivity index (χ2n) is 5.90. The summed E-state index contributed by atoms with van der Waals surface area (Å²) in [5.74, 6) is -1.32. The van der Waals surface area contributed by atoms with Crippen LogP contribution in [-0.4, -0.2) is 15.0 Å². The van der Waals surface area contributed by atoms with Gasteiger partial charge in [-0.15, -0.1) is 0 Å². The summed E-state index contributed by atoms with van der Waals surface area (Å²) in [5.41, 5.74) is -1.83.